The molecule has 0 aliphatic heterocycles. The Balaban J connectivity index is 1.41. The lowest BCUT2D eigenvalue weighted by atomic mass is 10.0. The molecule has 5 aromatic rings. The number of nitrogens with zero attached hydrogens (tertiary/aromatic N) is 3. The van der Waals surface area contributed by atoms with E-state index in [2.05, 4.69) is 20.0 Å². The van der Waals surface area contributed by atoms with Crippen molar-refractivity contribution < 1.29 is 13.2 Å². The molecule has 0 unspecified atom stereocenters. The molecule has 0 bridgehead atoms. The predicted octanol–water partition coefficient (Wildman–Crippen LogP) is 5.67. The molecule has 1 amide bonds. The SMILES string of the molecule is Cc1cccc(-c2cc(C(=O)Nc3ccc(S(=O)(=O)Nc4nc(C)cc(C)n4)cc3)c3ccccc3n2)c1. The number of carbonyl (C=O) groups excluding carboxylic acids is 1. The summed E-state index contributed by atoms with van der Waals surface area (Å²) in [6, 6.07) is 24.9. The molecule has 0 fully saturated rings. The molecule has 0 aliphatic carbocycles. The van der Waals surface area contributed by atoms with Crippen LogP contribution in [0.5, 0.6) is 0 Å². The van der Waals surface area contributed by atoms with Crippen LogP contribution < -0.4 is 10.0 Å². The van der Waals surface area contributed by atoms with Crippen molar-refractivity contribution >= 4 is 38.5 Å². The van der Waals surface area contributed by atoms with Crippen LogP contribution >= 0.6 is 0 Å². The third-order valence-electron chi connectivity index (χ3n) is 5.91. The molecule has 2 heterocycles. The first-order valence-electron chi connectivity index (χ1n) is 11.9. The number of pyridine rings is 1. The number of para-hydroxylation sites is 1. The van der Waals surface area contributed by atoms with Gasteiger partial charge >= 0.3 is 0 Å². The third kappa shape index (κ3) is 5.37. The van der Waals surface area contributed by atoms with Gasteiger partial charge in [0.25, 0.3) is 15.9 Å². The fourth-order valence-corrected chi connectivity index (χ4v) is 5.13. The van der Waals surface area contributed by atoms with Crippen LogP contribution in [-0.4, -0.2) is 29.3 Å². The number of hydrogen-bond donors (Lipinski definition) is 2. The summed E-state index contributed by atoms with van der Waals surface area (Å²) in [7, 11) is -3.91. The zero-order valence-electron chi connectivity index (χ0n) is 21.1. The van der Waals surface area contributed by atoms with E-state index in [0.717, 1.165) is 16.5 Å². The van der Waals surface area contributed by atoms with Gasteiger partial charge in [-0.25, -0.2) is 28.1 Å². The van der Waals surface area contributed by atoms with Crippen molar-refractivity contribution in [2.45, 2.75) is 25.7 Å². The molecule has 0 aliphatic rings. The van der Waals surface area contributed by atoms with Crippen LogP contribution in [0.4, 0.5) is 11.6 Å². The monoisotopic (exact) mass is 523 g/mol. The molecule has 9 heteroatoms. The second kappa shape index (κ2) is 10.0. The second-order valence-electron chi connectivity index (χ2n) is 9.00. The molecule has 3 aromatic carbocycles. The molecule has 0 saturated heterocycles. The molecule has 5 rings (SSSR count). The lowest BCUT2D eigenvalue weighted by Gasteiger charge is -2.12. The Morgan fingerprint density at radius 3 is 2.18 bits per heavy atom. The largest absolute Gasteiger partial charge is 0.322 e. The molecule has 2 aromatic heterocycles. The van der Waals surface area contributed by atoms with E-state index in [0.29, 0.717) is 33.8 Å². The van der Waals surface area contributed by atoms with Gasteiger partial charge in [0.2, 0.25) is 5.95 Å². The van der Waals surface area contributed by atoms with E-state index < -0.39 is 10.0 Å². The Morgan fingerprint density at radius 1 is 0.763 bits per heavy atom. The molecular formula is C29H25N5O3S. The number of benzene rings is 3. The number of carbonyl (C=O) groups is 1. The summed E-state index contributed by atoms with van der Waals surface area (Å²) in [5.41, 5.74) is 5.64. The zero-order valence-corrected chi connectivity index (χ0v) is 21.9. The molecule has 0 radical (unpaired) electrons. The van der Waals surface area contributed by atoms with Crippen molar-refractivity contribution in [3.63, 3.8) is 0 Å². The Hall–Kier alpha value is -4.63. The van der Waals surface area contributed by atoms with Gasteiger partial charge < -0.3 is 5.32 Å². The number of amides is 1. The number of sulfonamides is 1. The highest BCUT2D eigenvalue weighted by Gasteiger charge is 2.18. The van der Waals surface area contributed by atoms with E-state index in [-0.39, 0.29) is 16.8 Å². The Morgan fingerprint density at radius 2 is 1.47 bits per heavy atom. The predicted molar refractivity (Wildman–Crippen MR) is 149 cm³/mol. The van der Waals surface area contributed by atoms with Crippen LogP contribution in [-0.2, 0) is 10.0 Å². The Kier molecular flexibility index (Phi) is 6.61. The van der Waals surface area contributed by atoms with E-state index >= 15 is 0 Å². The molecule has 190 valence electrons. The van der Waals surface area contributed by atoms with Gasteiger partial charge in [-0.3, -0.25) is 4.79 Å². The maximum absolute atomic E-state index is 13.4. The number of nitrogens with one attached hydrogen (secondary N) is 2. The molecule has 0 spiro atoms. The number of aryl methyl sites for hydroxylation is 3. The van der Waals surface area contributed by atoms with Crippen LogP contribution in [0.1, 0.15) is 27.3 Å². The smallest absolute Gasteiger partial charge is 0.264 e. The minimum absolute atomic E-state index is 0.00820. The summed E-state index contributed by atoms with van der Waals surface area (Å²) in [5, 5.41) is 3.60. The van der Waals surface area contributed by atoms with E-state index in [4.69, 9.17) is 4.98 Å². The molecular weight excluding hydrogens is 498 g/mol. The Labute approximate surface area is 220 Å². The van der Waals surface area contributed by atoms with Crippen LogP contribution in [0.15, 0.2) is 89.8 Å². The van der Waals surface area contributed by atoms with Gasteiger partial charge in [0, 0.05) is 28.0 Å². The summed E-state index contributed by atoms with van der Waals surface area (Å²) in [6.45, 7) is 5.53. The van der Waals surface area contributed by atoms with Crippen molar-refractivity contribution in [1.82, 2.24) is 15.0 Å². The van der Waals surface area contributed by atoms with E-state index in [1.807, 2.05) is 55.5 Å². The second-order valence-corrected chi connectivity index (χ2v) is 10.7. The van der Waals surface area contributed by atoms with Crippen LogP contribution in [0.25, 0.3) is 22.2 Å². The minimum Gasteiger partial charge on any atom is -0.322 e. The molecule has 38 heavy (non-hydrogen) atoms. The van der Waals surface area contributed by atoms with Gasteiger partial charge in [-0.15, -0.1) is 0 Å². The molecule has 0 atom stereocenters. The van der Waals surface area contributed by atoms with Gasteiger partial charge in [0.05, 0.1) is 21.7 Å². The number of hydrogen-bond acceptors (Lipinski definition) is 6. The van der Waals surface area contributed by atoms with Crippen molar-refractivity contribution in [3.8, 4) is 11.3 Å². The van der Waals surface area contributed by atoms with Crippen LogP contribution in [0, 0.1) is 20.8 Å². The molecule has 8 nitrogen and oxygen atoms in total. The Bertz CT molecular complexity index is 1760. The lowest BCUT2D eigenvalue weighted by molar-refractivity contribution is 0.102. The van der Waals surface area contributed by atoms with Crippen molar-refractivity contribution in [2.24, 2.45) is 0 Å². The first kappa shape index (κ1) is 25.0. The summed E-state index contributed by atoms with van der Waals surface area (Å²) < 4.78 is 28.1. The number of fused-ring (bicyclic) bond motifs is 1. The highest BCUT2D eigenvalue weighted by atomic mass is 32.2. The highest BCUT2D eigenvalue weighted by Crippen LogP contribution is 2.26. The van der Waals surface area contributed by atoms with E-state index in [1.165, 1.54) is 12.1 Å². The van der Waals surface area contributed by atoms with Gasteiger partial charge in [0.15, 0.2) is 0 Å². The van der Waals surface area contributed by atoms with E-state index in [9.17, 15) is 13.2 Å². The van der Waals surface area contributed by atoms with Crippen molar-refractivity contribution in [1.29, 1.82) is 0 Å². The molecule has 0 saturated carbocycles. The van der Waals surface area contributed by atoms with Gasteiger partial charge in [0.1, 0.15) is 0 Å². The summed E-state index contributed by atoms with van der Waals surface area (Å²) in [5.74, 6) is -0.316. The highest BCUT2D eigenvalue weighted by molar-refractivity contribution is 7.92. The summed E-state index contributed by atoms with van der Waals surface area (Å²) in [6.07, 6.45) is 0. The standard InChI is InChI=1S/C29H25N5O3S/c1-18-7-6-8-21(15-18)27-17-25(24-9-4-5-10-26(24)33-27)28(35)32-22-11-13-23(14-12-22)38(36,37)34-29-30-19(2)16-20(3)31-29/h4-17H,1-3H3,(H,32,35)(H,30,31,34). The number of anilines is 2. The number of aromatic nitrogens is 3. The van der Waals surface area contributed by atoms with Crippen molar-refractivity contribution in [3.05, 3.63) is 107 Å². The average Bonchev–Trinajstić information content (AvgIpc) is 2.87. The normalized spacial score (nSPS) is 11.3. The van der Waals surface area contributed by atoms with Gasteiger partial charge in [-0.2, -0.15) is 0 Å². The van der Waals surface area contributed by atoms with Gasteiger partial charge in [-0.1, -0.05) is 42.0 Å². The third-order valence-corrected chi connectivity index (χ3v) is 7.25. The zero-order chi connectivity index (χ0) is 26.9. The average molecular weight is 524 g/mol. The topological polar surface area (TPSA) is 114 Å². The summed E-state index contributed by atoms with van der Waals surface area (Å²) >= 11 is 0. The van der Waals surface area contributed by atoms with Gasteiger partial charge in [-0.05, 0) is 69.3 Å². The maximum Gasteiger partial charge on any atom is 0.264 e. The first-order valence-corrected chi connectivity index (χ1v) is 13.4. The van der Waals surface area contributed by atoms with Crippen LogP contribution in [0.2, 0.25) is 0 Å². The van der Waals surface area contributed by atoms with Crippen LogP contribution in [0.3, 0.4) is 0 Å². The lowest BCUT2D eigenvalue weighted by Crippen LogP contribution is -2.16. The summed E-state index contributed by atoms with van der Waals surface area (Å²) in [4.78, 5) is 26.4. The minimum atomic E-state index is -3.91. The fraction of sp³-hybridized carbons (Fsp3) is 0.103. The quantitative estimate of drug-likeness (QED) is 0.296. The van der Waals surface area contributed by atoms with Crippen molar-refractivity contribution in [2.75, 3.05) is 10.0 Å². The first-order chi connectivity index (χ1) is 18.2. The van der Waals surface area contributed by atoms with E-state index in [1.54, 1.807) is 38.1 Å². The number of rotatable bonds is 6. The molecule has 2 N–H and O–H groups in total. The maximum atomic E-state index is 13.4. The fourth-order valence-electron chi connectivity index (χ4n) is 4.18.